The molecule has 0 atom stereocenters. The summed E-state index contributed by atoms with van der Waals surface area (Å²) in [7, 11) is 0. The normalized spacial score (nSPS) is 11.2. The Morgan fingerprint density at radius 2 is 1.81 bits per heavy atom. The third-order valence-corrected chi connectivity index (χ3v) is 5.33. The van der Waals surface area contributed by atoms with Gasteiger partial charge in [0.15, 0.2) is 0 Å². The highest BCUT2D eigenvalue weighted by Gasteiger charge is 2.30. The number of hydrogen-bond donors (Lipinski definition) is 2. The van der Waals surface area contributed by atoms with Crippen molar-refractivity contribution < 1.29 is 27.6 Å². The minimum atomic E-state index is -4.60. The lowest BCUT2D eigenvalue weighted by molar-refractivity contribution is -0.384. The van der Waals surface area contributed by atoms with Gasteiger partial charge in [0.1, 0.15) is 17.2 Å². The van der Waals surface area contributed by atoms with Crippen LogP contribution in [0.1, 0.15) is 16.1 Å². The largest absolute Gasteiger partial charge is 0.457 e. The van der Waals surface area contributed by atoms with E-state index in [1.165, 1.54) is 24.3 Å². The maximum atomic E-state index is 13.0. The van der Waals surface area contributed by atoms with E-state index in [4.69, 9.17) is 27.9 Å². The molecule has 0 unspecified atom stereocenters. The zero-order chi connectivity index (χ0) is 26.0. The van der Waals surface area contributed by atoms with Crippen LogP contribution in [-0.4, -0.2) is 21.0 Å². The number of amides is 1. The van der Waals surface area contributed by atoms with E-state index < -0.39 is 28.3 Å². The van der Waals surface area contributed by atoms with Gasteiger partial charge in [-0.05, 0) is 42.5 Å². The molecule has 1 amide bonds. The Kier molecular flexibility index (Phi) is 6.86. The summed E-state index contributed by atoms with van der Waals surface area (Å²) in [6.45, 7) is 0. The number of alkyl halides is 3. The highest BCUT2D eigenvalue weighted by Crippen LogP contribution is 2.35. The van der Waals surface area contributed by atoms with Gasteiger partial charge in [-0.3, -0.25) is 20.0 Å². The van der Waals surface area contributed by atoms with Crippen LogP contribution >= 0.6 is 23.2 Å². The topological polar surface area (TPSA) is 110 Å². The van der Waals surface area contributed by atoms with Gasteiger partial charge in [0.2, 0.25) is 0 Å². The number of aromatic nitrogens is 2. The van der Waals surface area contributed by atoms with Crippen molar-refractivity contribution >= 4 is 40.5 Å². The average Bonchev–Trinajstić information content (AvgIpc) is 3.28. The van der Waals surface area contributed by atoms with Crippen molar-refractivity contribution in [1.82, 2.24) is 10.2 Å². The molecular formula is C23H13Cl2F3N4O4. The van der Waals surface area contributed by atoms with E-state index in [2.05, 4.69) is 15.5 Å². The summed E-state index contributed by atoms with van der Waals surface area (Å²) in [6, 6.07) is 13.5. The maximum Gasteiger partial charge on any atom is 0.416 e. The number of anilines is 1. The van der Waals surface area contributed by atoms with Gasteiger partial charge in [-0.15, -0.1) is 0 Å². The monoisotopic (exact) mass is 536 g/mol. The van der Waals surface area contributed by atoms with Gasteiger partial charge < -0.3 is 10.1 Å². The Bertz CT molecular complexity index is 1470. The standard InChI is InChI=1S/C23H13Cl2F3N4O4/c24-13-4-5-18(19(25)7-13)20-11-21(31-30-20)22(33)29-14-8-15(32(34)35)10-17(9-14)36-16-3-1-2-12(6-16)23(26,27)28/h1-11H,(H,29,33)(H,30,31). The first-order valence-corrected chi connectivity index (χ1v) is 10.7. The van der Waals surface area contributed by atoms with Gasteiger partial charge in [-0.2, -0.15) is 18.3 Å². The van der Waals surface area contributed by atoms with Crippen molar-refractivity contribution in [2.24, 2.45) is 0 Å². The second-order valence-corrected chi connectivity index (χ2v) is 8.19. The molecule has 2 N–H and O–H groups in total. The molecule has 1 aromatic heterocycles. The SMILES string of the molecule is O=C(Nc1cc(Oc2cccc(C(F)(F)F)c2)cc([N+](=O)[O-])c1)c1cc(-c2ccc(Cl)cc2Cl)n[nH]1. The second-order valence-electron chi connectivity index (χ2n) is 7.35. The summed E-state index contributed by atoms with van der Waals surface area (Å²) in [5.41, 5.74) is -0.541. The predicted molar refractivity (Wildman–Crippen MR) is 127 cm³/mol. The Hall–Kier alpha value is -4.09. The molecule has 184 valence electrons. The first-order chi connectivity index (χ1) is 17.0. The molecule has 36 heavy (non-hydrogen) atoms. The smallest absolute Gasteiger partial charge is 0.416 e. The Labute approximate surface area is 210 Å². The van der Waals surface area contributed by atoms with Crippen LogP contribution in [0.3, 0.4) is 0 Å². The number of hydrogen-bond acceptors (Lipinski definition) is 5. The van der Waals surface area contributed by atoms with Gasteiger partial charge in [0.25, 0.3) is 11.6 Å². The number of rotatable bonds is 6. The summed E-state index contributed by atoms with van der Waals surface area (Å²) in [5, 5.41) is 21.2. The van der Waals surface area contributed by atoms with E-state index >= 15 is 0 Å². The molecule has 0 aliphatic heterocycles. The van der Waals surface area contributed by atoms with Crippen LogP contribution in [0.4, 0.5) is 24.5 Å². The molecule has 0 bridgehead atoms. The number of halogens is 5. The lowest BCUT2D eigenvalue weighted by Gasteiger charge is -2.11. The minimum Gasteiger partial charge on any atom is -0.457 e. The van der Waals surface area contributed by atoms with Crippen LogP contribution < -0.4 is 10.1 Å². The van der Waals surface area contributed by atoms with Crippen LogP contribution in [0.25, 0.3) is 11.3 Å². The van der Waals surface area contributed by atoms with E-state index in [0.29, 0.717) is 21.3 Å². The quantitative estimate of drug-likeness (QED) is 0.197. The molecule has 8 nitrogen and oxygen atoms in total. The number of carbonyl (C=O) groups excluding carboxylic acids is 1. The molecule has 4 rings (SSSR count). The van der Waals surface area contributed by atoms with Crippen molar-refractivity contribution in [3.8, 4) is 22.8 Å². The number of H-pyrrole nitrogens is 1. The first-order valence-electron chi connectivity index (χ1n) is 9.96. The number of benzene rings is 3. The lowest BCUT2D eigenvalue weighted by Crippen LogP contribution is -2.12. The number of non-ortho nitro benzene ring substituents is 1. The van der Waals surface area contributed by atoms with E-state index in [1.54, 1.807) is 12.1 Å². The lowest BCUT2D eigenvalue weighted by atomic mass is 10.1. The fourth-order valence-electron chi connectivity index (χ4n) is 3.16. The van der Waals surface area contributed by atoms with Crippen molar-refractivity contribution in [2.45, 2.75) is 6.18 Å². The van der Waals surface area contributed by atoms with Gasteiger partial charge >= 0.3 is 6.18 Å². The van der Waals surface area contributed by atoms with Crippen LogP contribution in [0.2, 0.25) is 10.0 Å². The zero-order valence-electron chi connectivity index (χ0n) is 17.8. The Morgan fingerprint density at radius 1 is 1.03 bits per heavy atom. The summed E-state index contributed by atoms with van der Waals surface area (Å²) in [4.78, 5) is 23.4. The summed E-state index contributed by atoms with van der Waals surface area (Å²) in [5.74, 6) is -1.04. The van der Waals surface area contributed by atoms with Crippen LogP contribution in [0, 0.1) is 10.1 Å². The van der Waals surface area contributed by atoms with Crippen molar-refractivity contribution in [2.75, 3.05) is 5.32 Å². The highest BCUT2D eigenvalue weighted by molar-refractivity contribution is 6.36. The fourth-order valence-corrected chi connectivity index (χ4v) is 3.67. The molecule has 0 fully saturated rings. The van der Waals surface area contributed by atoms with Crippen molar-refractivity contribution in [3.05, 3.63) is 98.1 Å². The van der Waals surface area contributed by atoms with E-state index in [1.807, 2.05) is 0 Å². The molecule has 13 heteroatoms. The number of ether oxygens (including phenoxy) is 1. The molecule has 4 aromatic rings. The fraction of sp³-hybridized carbons (Fsp3) is 0.0435. The number of nitro benzene ring substituents is 1. The van der Waals surface area contributed by atoms with E-state index in [-0.39, 0.29) is 22.9 Å². The van der Waals surface area contributed by atoms with E-state index in [9.17, 15) is 28.1 Å². The average molecular weight is 537 g/mol. The summed E-state index contributed by atoms with van der Waals surface area (Å²) >= 11 is 12.1. The van der Waals surface area contributed by atoms with Crippen molar-refractivity contribution in [3.63, 3.8) is 0 Å². The van der Waals surface area contributed by atoms with Gasteiger partial charge in [0.05, 0.1) is 33.0 Å². The number of nitro groups is 1. The maximum absolute atomic E-state index is 13.0. The van der Waals surface area contributed by atoms with E-state index in [0.717, 1.165) is 30.3 Å². The van der Waals surface area contributed by atoms with Crippen LogP contribution in [0.15, 0.2) is 66.7 Å². The predicted octanol–water partition coefficient (Wildman–Crippen LogP) is 7.36. The molecule has 0 spiro atoms. The number of nitrogens with zero attached hydrogens (tertiary/aromatic N) is 2. The van der Waals surface area contributed by atoms with Gasteiger partial charge in [-0.25, -0.2) is 0 Å². The van der Waals surface area contributed by atoms with Crippen LogP contribution in [0.5, 0.6) is 11.5 Å². The molecule has 0 radical (unpaired) electrons. The van der Waals surface area contributed by atoms with Gasteiger partial charge in [-0.1, -0.05) is 29.3 Å². The first kappa shape index (κ1) is 25.0. The van der Waals surface area contributed by atoms with Crippen LogP contribution in [-0.2, 0) is 6.18 Å². The molecule has 0 aliphatic rings. The molecule has 1 heterocycles. The zero-order valence-corrected chi connectivity index (χ0v) is 19.3. The molecular weight excluding hydrogens is 524 g/mol. The third kappa shape index (κ3) is 5.75. The molecule has 0 saturated carbocycles. The molecule has 3 aromatic carbocycles. The number of carbonyl (C=O) groups is 1. The Morgan fingerprint density at radius 3 is 2.50 bits per heavy atom. The van der Waals surface area contributed by atoms with Gasteiger partial charge in [0, 0.05) is 22.7 Å². The number of aromatic amines is 1. The highest BCUT2D eigenvalue weighted by atomic mass is 35.5. The summed E-state index contributed by atoms with van der Waals surface area (Å²) in [6.07, 6.45) is -4.60. The Balaban J connectivity index is 1.58. The molecule has 0 saturated heterocycles. The number of nitrogens with one attached hydrogen (secondary N) is 2. The second kappa shape index (κ2) is 9.88. The third-order valence-electron chi connectivity index (χ3n) is 4.79. The minimum absolute atomic E-state index is 0.0165. The van der Waals surface area contributed by atoms with Crippen molar-refractivity contribution in [1.29, 1.82) is 0 Å². The summed E-state index contributed by atoms with van der Waals surface area (Å²) < 4.78 is 44.4. The molecule has 0 aliphatic carbocycles.